The quantitative estimate of drug-likeness (QED) is 0.775. The predicted octanol–water partition coefficient (Wildman–Crippen LogP) is 3.32. The van der Waals surface area contributed by atoms with Crippen LogP contribution in [0.15, 0.2) is 18.2 Å². The average molecular weight is 338 g/mol. The molecule has 1 aliphatic rings. The first kappa shape index (κ1) is 14.2. The number of ether oxygens (including phenoxy) is 1. The lowest BCUT2D eigenvalue weighted by atomic mass is 9.99. The summed E-state index contributed by atoms with van der Waals surface area (Å²) in [5, 5.41) is 0. The van der Waals surface area contributed by atoms with E-state index in [-0.39, 0.29) is 17.2 Å². The first-order chi connectivity index (χ1) is 8.80. The largest absolute Gasteiger partial charge is 0.480 e. The van der Waals surface area contributed by atoms with E-state index in [9.17, 15) is 18.0 Å². The van der Waals surface area contributed by atoms with Crippen molar-refractivity contribution >= 4 is 22.1 Å². The Morgan fingerprint density at radius 3 is 2.74 bits per heavy atom. The number of hydrogen-bond acceptors (Lipinski definition) is 2. The summed E-state index contributed by atoms with van der Waals surface area (Å²) in [4.78, 5) is 12.0. The van der Waals surface area contributed by atoms with Crippen molar-refractivity contribution in [2.75, 3.05) is 6.54 Å². The molecule has 1 atom stereocenters. The molecule has 1 aromatic carbocycles. The molecule has 2 rings (SSSR count). The summed E-state index contributed by atoms with van der Waals surface area (Å²) in [7, 11) is 0. The maximum absolute atomic E-state index is 12.5. The maximum Gasteiger partial charge on any atom is 0.425 e. The number of hydrogen-bond donors (Lipinski definition) is 0. The molecule has 1 aromatic rings. The number of amides is 1. The van der Waals surface area contributed by atoms with Crippen LogP contribution in [-0.2, 0) is 6.42 Å². The van der Waals surface area contributed by atoms with E-state index in [0.29, 0.717) is 18.5 Å². The number of fused-ring (bicyclic) bond motifs is 1. The van der Waals surface area contributed by atoms with Gasteiger partial charge >= 0.3 is 6.18 Å². The van der Waals surface area contributed by atoms with Crippen molar-refractivity contribution in [2.45, 2.75) is 25.6 Å². The third kappa shape index (κ3) is 2.86. The summed E-state index contributed by atoms with van der Waals surface area (Å²) in [6.07, 6.45) is -5.85. The second-order valence-corrected chi connectivity index (χ2v) is 5.09. The summed E-state index contributed by atoms with van der Waals surface area (Å²) in [5.41, 5.74) is 0.897. The number of carbonyl (C=O) groups is 1. The molecule has 0 fully saturated rings. The van der Waals surface area contributed by atoms with Crippen LogP contribution in [0.25, 0.3) is 0 Å². The molecule has 0 bridgehead atoms. The zero-order chi connectivity index (χ0) is 14.2. The van der Waals surface area contributed by atoms with Crippen molar-refractivity contribution in [3.63, 3.8) is 0 Å². The Labute approximate surface area is 116 Å². The zero-order valence-corrected chi connectivity index (χ0v) is 11.6. The Hall–Kier alpha value is -1.24. The summed E-state index contributed by atoms with van der Waals surface area (Å²) in [6.45, 7) is 1.39. The van der Waals surface area contributed by atoms with Gasteiger partial charge in [-0.2, -0.15) is 13.2 Å². The summed E-state index contributed by atoms with van der Waals surface area (Å²) >= 11 is 3.07. The van der Waals surface area contributed by atoms with Gasteiger partial charge in [-0.3, -0.25) is 8.72 Å². The van der Waals surface area contributed by atoms with Crippen molar-refractivity contribution in [1.82, 2.24) is 3.93 Å². The van der Waals surface area contributed by atoms with Crippen molar-refractivity contribution < 1.29 is 22.7 Å². The molecular formula is C12H11BrF3NO2. The van der Waals surface area contributed by atoms with E-state index in [1.165, 1.54) is 9.99 Å². The molecule has 3 nitrogen and oxygen atoms in total. The van der Waals surface area contributed by atoms with Gasteiger partial charge in [-0.15, -0.1) is 0 Å². The molecule has 0 saturated carbocycles. The molecule has 0 spiro atoms. The zero-order valence-electron chi connectivity index (χ0n) is 10.00. The molecule has 0 N–H and O–H groups in total. The predicted molar refractivity (Wildman–Crippen MR) is 66.3 cm³/mol. The molecule has 0 aliphatic carbocycles. The molecule has 0 aromatic heterocycles. The van der Waals surface area contributed by atoms with E-state index in [2.05, 4.69) is 16.1 Å². The second kappa shape index (κ2) is 5.03. The van der Waals surface area contributed by atoms with Crippen LogP contribution in [-0.4, -0.2) is 28.7 Å². The topological polar surface area (TPSA) is 29.5 Å². The third-order valence-electron chi connectivity index (χ3n) is 2.89. The number of carbonyl (C=O) groups excluding carboxylic acids is 1. The van der Waals surface area contributed by atoms with Gasteiger partial charge in [0, 0.05) is 6.54 Å². The molecule has 1 unspecified atom stereocenters. The van der Waals surface area contributed by atoms with E-state index in [1.807, 2.05) is 0 Å². The van der Waals surface area contributed by atoms with E-state index in [0.717, 1.165) is 6.92 Å². The van der Waals surface area contributed by atoms with Crippen LogP contribution in [0.2, 0.25) is 0 Å². The van der Waals surface area contributed by atoms with Gasteiger partial charge in [-0.05, 0) is 25.0 Å². The van der Waals surface area contributed by atoms with Crippen molar-refractivity contribution in [3.8, 4) is 5.75 Å². The highest BCUT2D eigenvalue weighted by molar-refractivity contribution is 9.07. The highest BCUT2D eigenvalue weighted by Gasteiger charge is 2.39. The SMILES string of the molecule is CC(Oc1cccc2c1C(=O)N(Br)CC2)C(F)(F)F. The van der Waals surface area contributed by atoms with E-state index < -0.39 is 12.3 Å². The Kier molecular flexibility index (Phi) is 3.75. The van der Waals surface area contributed by atoms with Gasteiger partial charge in [0.1, 0.15) is 5.75 Å². The van der Waals surface area contributed by atoms with Crippen LogP contribution in [0.3, 0.4) is 0 Å². The number of nitrogens with zero attached hydrogens (tertiary/aromatic N) is 1. The van der Waals surface area contributed by atoms with E-state index in [1.54, 1.807) is 12.1 Å². The van der Waals surface area contributed by atoms with Crippen molar-refractivity contribution in [2.24, 2.45) is 0 Å². The van der Waals surface area contributed by atoms with Gasteiger partial charge in [-0.25, -0.2) is 0 Å². The molecular weight excluding hydrogens is 327 g/mol. The molecule has 19 heavy (non-hydrogen) atoms. The summed E-state index contributed by atoms with van der Waals surface area (Å²) < 4.78 is 43.7. The molecule has 1 aliphatic heterocycles. The molecule has 104 valence electrons. The van der Waals surface area contributed by atoms with Crippen molar-refractivity contribution in [3.05, 3.63) is 29.3 Å². The third-order valence-corrected chi connectivity index (χ3v) is 3.57. The first-order valence-electron chi connectivity index (χ1n) is 5.63. The van der Waals surface area contributed by atoms with E-state index in [4.69, 9.17) is 4.74 Å². The lowest BCUT2D eigenvalue weighted by Gasteiger charge is -2.26. The first-order valence-corrected chi connectivity index (χ1v) is 6.34. The van der Waals surface area contributed by atoms with Crippen LogP contribution < -0.4 is 4.74 Å². The van der Waals surface area contributed by atoms with Gasteiger partial charge in [0.15, 0.2) is 6.10 Å². The Bertz CT molecular complexity index is 504. The molecule has 7 heteroatoms. The van der Waals surface area contributed by atoms with Crippen molar-refractivity contribution in [1.29, 1.82) is 0 Å². The van der Waals surface area contributed by atoms with Crippen LogP contribution >= 0.6 is 16.1 Å². The minimum absolute atomic E-state index is 0.0310. The summed E-state index contributed by atoms with van der Waals surface area (Å²) in [5.74, 6) is -0.414. The Balaban J connectivity index is 2.35. The fraction of sp³-hybridized carbons (Fsp3) is 0.417. The number of halogens is 4. The standard InChI is InChI=1S/C12H11BrF3NO2/c1-7(12(14,15)16)19-9-4-2-3-8-5-6-17(13)11(18)10(8)9/h2-4,7H,5-6H2,1H3. The lowest BCUT2D eigenvalue weighted by molar-refractivity contribution is -0.189. The highest BCUT2D eigenvalue weighted by Crippen LogP contribution is 2.32. The van der Waals surface area contributed by atoms with Crippen LogP contribution in [0.1, 0.15) is 22.8 Å². The van der Waals surface area contributed by atoms with Crippen LogP contribution in [0, 0.1) is 0 Å². The number of alkyl halides is 3. The minimum Gasteiger partial charge on any atom is -0.480 e. The fourth-order valence-electron chi connectivity index (χ4n) is 1.82. The minimum atomic E-state index is -4.46. The van der Waals surface area contributed by atoms with Gasteiger partial charge < -0.3 is 4.74 Å². The number of benzene rings is 1. The molecule has 0 radical (unpaired) electrons. The maximum atomic E-state index is 12.5. The second-order valence-electron chi connectivity index (χ2n) is 4.23. The highest BCUT2D eigenvalue weighted by atomic mass is 79.9. The van der Waals surface area contributed by atoms with Crippen LogP contribution in [0.4, 0.5) is 13.2 Å². The lowest BCUT2D eigenvalue weighted by Crippen LogP contribution is -2.34. The fourth-order valence-corrected chi connectivity index (χ4v) is 2.18. The Morgan fingerprint density at radius 1 is 1.42 bits per heavy atom. The molecule has 1 amide bonds. The molecule has 0 saturated heterocycles. The van der Waals surface area contributed by atoms with Gasteiger partial charge in [0.05, 0.1) is 21.7 Å². The Morgan fingerprint density at radius 2 is 2.11 bits per heavy atom. The monoisotopic (exact) mass is 337 g/mol. The van der Waals surface area contributed by atoms with E-state index >= 15 is 0 Å². The number of rotatable bonds is 2. The van der Waals surface area contributed by atoms with Gasteiger partial charge in [0.25, 0.3) is 5.91 Å². The van der Waals surface area contributed by atoms with Gasteiger partial charge in [0.2, 0.25) is 0 Å². The van der Waals surface area contributed by atoms with Gasteiger partial charge in [-0.1, -0.05) is 12.1 Å². The molecule has 1 heterocycles. The average Bonchev–Trinajstić information content (AvgIpc) is 2.33. The van der Waals surface area contributed by atoms with Crippen LogP contribution in [0.5, 0.6) is 5.75 Å². The normalized spacial score (nSPS) is 17.1. The summed E-state index contributed by atoms with van der Waals surface area (Å²) in [6, 6.07) is 4.69. The smallest absolute Gasteiger partial charge is 0.425 e.